The summed E-state index contributed by atoms with van der Waals surface area (Å²) in [5.41, 5.74) is 1.25. The molecule has 1 aromatic rings. The molecule has 0 amide bonds. The highest BCUT2D eigenvalue weighted by Crippen LogP contribution is 2.38. The standard InChI is InChI=1S/C14H18F2S/c1-11-3-2-4-13(9-11)17-10-12-5-7-14(15,16)8-6-12/h2-4,9,12H,5-8,10H2,1H3. The molecule has 0 aromatic heterocycles. The first kappa shape index (κ1) is 12.9. The van der Waals surface area contributed by atoms with Crippen LogP contribution in [0.2, 0.25) is 0 Å². The van der Waals surface area contributed by atoms with Crippen LogP contribution in [-0.2, 0) is 0 Å². The highest BCUT2D eigenvalue weighted by molar-refractivity contribution is 7.99. The van der Waals surface area contributed by atoms with Crippen molar-refractivity contribution in [3.8, 4) is 0 Å². The normalized spacial score (nSPS) is 20.4. The lowest BCUT2D eigenvalue weighted by atomic mass is 9.88. The minimum atomic E-state index is -2.40. The van der Waals surface area contributed by atoms with E-state index in [-0.39, 0.29) is 12.8 Å². The van der Waals surface area contributed by atoms with Gasteiger partial charge in [0.1, 0.15) is 0 Å². The number of rotatable bonds is 3. The van der Waals surface area contributed by atoms with Crippen molar-refractivity contribution < 1.29 is 8.78 Å². The third-order valence-electron chi connectivity index (χ3n) is 3.31. The number of hydrogen-bond donors (Lipinski definition) is 0. The summed E-state index contributed by atoms with van der Waals surface area (Å²) in [7, 11) is 0. The molecule has 0 unspecified atom stereocenters. The van der Waals surface area contributed by atoms with Crippen molar-refractivity contribution in [3.63, 3.8) is 0 Å². The van der Waals surface area contributed by atoms with Crippen LogP contribution in [0.25, 0.3) is 0 Å². The minimum absolute atomic E-state index is 0.0754. The third-order valence-corrected chi connectivity index (χ3v) is 4.54. The predicted octanol–water partition coefficient (Wildman–Crippen LogP) is 4.91. The molecule has 0 bridgehead atoms. The van der Waals surface area contributed by atoms with Crippen LogP contribution in [0.3, 0.4) is 0 Å². The highest BCUT2D eigenvalue weighted by atomic mass is 32.2. The predicted molar refractivity (Wildman–Crippen MR) is 68.8 cm³/mol. The molecule has 1 aliphatic rings. The average molecular weight is 256 g/mol. The van der Waals surface area contributed by atoms with Crippen molar-refractivity contribution >= 4 is 11.8 Å². The van der Waals surface area contributed by atoms with E-state index in [1.165, 1.54) is 10.5 Å². The molecule has 0 saturated heterocycles. The first-order valence-electron chi connectivity index (χ1n) is 6.12. The minimum Gasteiger partial charge on any atom is -0.207 e. The maximum Gasteiger partial charge on any atom is 0.248 e. The Balaban J connectivity index is 1.80. The van der Waals surface area contributed by atoms with E-state index in [4.69, 9.17) is 0 Å². The number of aryl methyl sites for hydroxylation is 1. The molecular formula is C14H18F2S. The van der Waals surface area contributed by atoms with Crippen molar-refractivity contribution in [1.29, 1.82) is 0 Å². The number of benzene rings is 1. The van der Waals surface area contributed by atoms with Gasteiger partial charge in [0.05, 0.1) is 0 Å². The van der Waals surface area contributed by atoms with Crippen LogP contribution in [0.1, 0.15) is 31.2 Å². The van der Waals surface area contributed by atoms with Crippen molar-refractivity contribution in [2.75, 3.05) is 5.75 Å². The van der Waals surface area contributed by atoms with Crippen LogP contribution in [-0.4, -0.2) is 11.7 Å². The Morgan fingerprint density at radius 1 is 1.29 bits per heavy atom. The molecule has 2 rings (SSSR count). The Hall–Kier alpha value is -0.570. The van der Waals surface area contributed by atoms with E-state index in [2.05, 4.69) is 25.1 Å². The molecule has 1 aliphatic carbocycles. The van der Waals surface area contributed by atoms with Crippen molar-refractivity contribution in [1.82, 2.24) is 0 Å². The Kier molecular flexibility index (Phi) is 4.08. The molecule has 0 atom stereocenters. The van der Waals surface area contributed by atoms with E-state index in [1.54, 1.807) is 11.8 Å². The second-order valence-electron chi connectivity index (χ2n) is 4.93. The summed E-state index contributed by atoms with van der Waals surface area (Å²) in [4.78, 5) is 1.25. The SMILES string of the molecule is Cc1cccc(SCC2CCC(F)(F)CC2)c1. The molecule has 3 heteroatoms. The van der Waals surface area contributed by atoms with Gasteiger partial charge in [-0.25, -0.2) is 8.78 Å². The molecule has 0 heterocycles. The largest absolute Gasteiger partial charge is 0.248 e. The summed E-state index contributed by atoms with van der Waals surface area (Å²) >= 11 is 1.80. The van der Waals surface area contributed by atoms with E-state index in [0.717, 1.165) is 5.75 Å². The summed E-state index contributed by atoms with van der Waals surface area (Å²) in [5, 5.41) is 0. The molecule has 1 fully saturated rings. The van der Waals surface area contributed by atoms with Gasteiger partial charge in [0.15, 0.2) is 0 Å². The van der Waals surface area contributed by atoms with E-state index < -0.39 is 5.92 Å². The maximum atomic E-state index is 13.0. The fourth-order valence-corrected chi connectivity index (χ4v) is 3.39. The topological polar surface area (TPSA) is 0 Å². The molecule has 94 valence electrons. The molecule has 17 heavy (non-hydrogen) atoms. The number of hydrogen-bond acceptors (Lipinski definition) is 1. The number of alkyl halides is 2. The van der Waals surface area contributed by atoms with Gasteiger partial charge in [0.25, 0.3) is 0 Å². The van der Waals surface area contributed by atoms with Gasteiger partial charge in [-0.05, 0) is 37.8 Å². The number of halogens is 2. The van der Waals surface area contributed by atoms with Gasteiger partial charge in [-0.15, -0.1) is 11.8 Å². The van der Waals surface area contributed by atoms with Gasteiger partial charge < -0.3 is 0 Å². The Labute approximate surface area is 106 Å². The molecule has 1 saturated carbocycles. The second-order valence-corrected chi connectivity index (χ2v) is 6.02. The van der Waals surface area contributed by atoms with Crippen molar-refractivity contribution in [3.05, 3.63) is 29.8 Å². The molecule has 0 nitrogen and oxygen atoms in total. The van der Waals surface area contributed by atoms with Gasteiger partial charge in [-0.3, -0.25) is 0 Å². The lowest BCUT2D eigenvalue weighted by Gasteiger charge is -2.27. The maximum absolute atomic E-state index is 13.0. The molecule has 0 N–H and O–H groups in total. The van der Waals surface area contributed by atoms with Gasteiger partial charge in [0, 0.05) is 23.5 Å². The monoisotopic (exact) mass is 256 g/mol. The van der Waals surface area contributed by atoms with Gasteiger partial charge in [0.2, 0.25) is 5.92 Å². The fraction of sp³-hybridized carbons (Fsp3) is 0.571. The second kappa shape index (κ2) is 5.38. The highest BCUT2D eigenvalue weighted by Gasteiger charge is 2.34. The molecule has 0 spiro atoms. The van der Waals surface area contributed by atoms with E-state index in [9.17, 15) is 8.78 Å². The third kappa shape index (κ3) is 3.98. The van der Waals surface area contributed by atoms with Crippen LogP contribution in [0.4, 0.5) is 8.78 Å². The average Bonchev–Trinajstić information content (AvgIpc) is 2.28. The first-order chi connectivity index (χ1) is 8.05. The Morgan fingerprint density at radius 3 is 2.65 bits per heavy atom. The lowest BCUT2D eigenvalue weighted by Crippen LogP contribution is -2.25. The number of thioether (sulfide) groups is 1. The summed E-state index contributed by atoms with van der Waals surface area (Å²) in [5.74, 6) is -0.968. The van der Waals surface area contributed by atoms with Crippen molar-refractivity contribution in [2.24, 2.45) is 5.92 Å². The molecule has 0 aliphatic heterocycles. The van der Waals surface area contributed by atoms with Gasteiger partial charge in [-0.1, -0.05) is 17.7 Å². The zero-order valence-electron chi connectivity index (χ0n) is 10.1. The lowest BCUT2D eigenvalue weighted by molar-refractivity contribution is -0.0433. The van der Waals surface area contributed by atoms with Crippen LogP contribution in [0.5, 0.6) is 0 Å². The Bertz CT molecular complexity index is 366. The summed E-state index contributed by atoms with van der Waals surface area (Å²) in [6.45, 7) is 2.07. The zero-order valence-corrected chi connectivity index (χ0v) is 10.9. The summed E-state index contributed by atoms with van der Waals surface area (Å²) in [6.07, 6.45) is 1.50. The zero-order chi connectivity index (χ0) is 12.3. The molecule has 1 aromatic carbocycles. The van der Waals surface area contributed by atoms with E-state index >= 15 is 0 Å². The quantitative estimate of drug-likeness (QED) is 0.692. The van der Waals surface area contributed by atoms with Gasteiger partial charge >= 0.3 is 0 Å². The van der Waals surface area contributed by atoms with Crippen LogP contribution < -0.4 is 0 Å². The van der Waals surface area contributed by atoms with E-state index in [1.807, 2.05) is 6.07 Å². The van der Waals surface area contributed by atoms with Gasteiger partial charge in [-0.2, -0.15) is 0 Å². The summed E-state index contributed by atoms with van der Waals surface area (Å²) < 4.78 is 26.0. The molecular weight excluding hydrogens is 238 g/mol. The first-order valence-corrected chi connectivity index (χ1v) is 7.11. The fourth-order valence-electron chi connectivity index (χ4n) is 2.19. The smallest absolute Gasteiger partial charge is 0.207 e. The van der Waals surface area contributed by atoms with E-state index in [0.29, 0.717) is 18.8 Å². The summed E-state index contributed by atoms with van der Waals surface area (Å²) in [6, 6.07) is 8.37. The van der Waals surface area contributed by atoms with Crippen LogP contribution >= 0.6 is 11.8 Å². The van der Waals surface area contributed by atoms with Crippen LogP contribution in [0.15, 0.2) is 29.2 Å². The van der Waals surface area contributed by atoms with Crippen molar-refractivity contribution in [2.45, 2.75) is 43.4 Å². The Morgan fingerprint density at radius 2 is 2.00 bits per heavy atom. The molecule has 0 radical (unpaired) electrons. The van der Waals surface area contributed by atoms with Crippen LogP contribution in [0, 0.1) is 12.8 Å².